The fourth-order valence-corrected chi connectivity index (χ4v) is 3.32. The number of nitrogens with zero attached hydrogens (tertiary/aromatic N) is 2. The van der Waals surface area contributed by atoms with Crippen LogP contribution in [0.4, 0.5) is 0 Å². The van der Waals surface area contributed by atoms with Crippen molar-refractivity contribution in [2.75, 3.05) is 26.7 Å². The van der Waals surface area contributed by atoms with Gasteiger partial charge in [-0.25, -0.2) is 0 Å². The molecule has 0 radical (unpaired) electrons. The van der Waals surface area contributed by atoms with Crippen molar-refractivity contribution in [3.05, 3.63) is 0 Å². The smallest absolute Gasteiger partial charge is 0.0286 e. The van der Waals surface area contributed by atoms with E-state index in [1.54, 1.807) is 0 Å². The van der Waals surface area contributed by atoms with Gasteiger partial charge >= 0.3 is 0 Å². The lowest BCUT2D eigenvalue weighted by Crippen LogP contribution is -2.64. The lowest BCUT2D eigenvalue weighted by atomic mass is 9.93. The van der Waals surface area contributed by atoms with Crippen LogP contribution in [0.2, 0.25) is 0 Å². The van der Waals surface area contributed by atoms with Crippen LogP contribution >= 0.6 is 0 Å². The van der Waals surface area contributed by atoms with Crippen LogP contribution in [0.15, 0.2) is 0 Å². The molecule has 1 heterocycles. The molecule has 1 aliphatic carbocycles. The van der Waals surface area contributed by atoms with Crippen molar-refractivity contribution in [2.45, 2.75) is 50.7 Å². The number of rotatable bonds is 3. The van der Waals surface area contributed by atoms with Gasteiger partial charge in [-0.15, -0.1) is 0 Å². The Morgan fingerprint density at radius 2 is 2.00 bits per heavy atom. The summed E-state index contributed by atoms with van der Waals surface area (Å²) in [6.07, 6.45) is 3.94. The number of likely N-dealkylation sites (N-methyl/N-ethyl adjacent to an activating group) is 1. The number of hydrogen-bond donors (Lipinski definition) is 1. The molecule has 2 N–H and O–H groups in total. The maximum absolute atomic E-state index is 5.73. The van der Waals surface area contributed by atoms with E-state index in [-0.39, 0.29) is 0 Å². The first kappa shape index (κ1) is 11.4. The molecule has 2 fully saturated rings. The Morgan fingerprint density at radius 3 is 2.53 bits per heavy atom. The summed E-state index contributed by atoms with van der Waals surface area (Å²) in [7, 11) is 2.23. The topological polar surface area (TPSA) is 32.5 Å². The van der Waals surface area contributed by atoms with E-state index in [1.807, 2.05) is 0 Å². The van der Waals surface area contributed by atoms with E-state index in [0.717, 1.165) is 19.0 Å². The van der Waals surface area contributed by atoms with Crippen LogP contribution in [0.1, 0.15) is 33.1 Å². The van der Waals surface area contributed by atoms with Gasteiger partial charge in [0.05, 0.1) is 0 Å². The fraction of sp³-hybridized carbons (Fsp3) is 1.00. The molecule has 0 aromatic rings. The van der Waals surface area contributed by atoms with E-state index < -0.39 is 0 Å². The average molecular weight is 211 g/mol. The van der Waals surface area contributed by atoms with Crippen molar-refractivity contribution in [3.8, 4) is 0 Å². The molecule has 2 aliphatic rings. The van der Waals surface area contributed by atoms with Gasteiger partial charge in [-0.3, -0.25) is 4.90 Å². The van der Waals surface area contributed by atoms with E-state index in [4.69, 9.17) is 5.73 Å². The molecule has 1 aliphatic heterocycles. The minimum absolute atomic E-state index is 0.327. The summed E-state index contributed by atoms with van der Waals surface area (Å²) in [4.78, 5) is 5.21. The normalized spacial score (nSPS) is 33.2. The van der Waals surface area contributed by atoms with Gasteiger partial charge in [0.2, 0.25) is 0 Å². The van der Waals surface area contributed by atoms with Gasteiger partial charge in [-0.1, -0.05) is 0 Å². The second kappa shape index (κ2) is 4.04. The van der Waals surface area contributed by atoms with Gasteiger partial charge in [0, 0.05) is 30.7 Å². The predicted molar refractivity (Wildman–Crippen MR) is 63.9 cm³/mol. The minimum Gasteiger partial charge on any atom is -0.330 e. The third-order valence-electron chi connectivity index (χ3n) is 3.71. The van der Waals surface area contributed by atoms with Gasteiger partial charge < -0.3 is 10.6 Å². The molecule has 15 heavy (non-hydrogen) atoms. The van der Waals surface area contributed by atoms with Crippen LogP contribution in [0, 0.1) is 0 Å². The Hall–Kier alpha value is -0.120. The van der Waals surface area contributed by atoms with Crippen molar-refractivity contribution < 1.29 is 0 Å². The zero-order chi connectivity index (χ0) is 11.1. The monoisotopic (exact) mass is 211 g/mol. The van der Waals surface area contributed by atoms with E-state index in [1.165, 1.54) is 25.9 Å². The molecule has 1 atom stereocenters. The lowest BCUT2D eigenvalue weighted by molar-refractivity contribution is -0.0244. The summed E-state index contributed by atoms with van der Waals surface area (Å²) >= 11 is 0. The first-order chi connectivity index (χ1) is 7.04. The summed E-state index contributed by atoms with van der Waals surface area (Å²) in [6, 6.07) is 1.53. The summed E-state index contributed by atoms with van der Waals surface area (Å²) in [5.74, 6) is 0. The van der Waals surface area contributed by atoms with Gasteiger partial charge in [-0.2, -0.15) is 0 Å². The minimum atomic E-state index is 0.327. The van der Waals surface area contributed by atoms with Crippen LogP contribution in [0.3, 0.4) is 0 Å². The summed E-state index contributed by atoms with van der Waals surface area (Å²) in [6.45, 7) is 7.95. The second-order valence-corrected chi connectivity index (χ2v) is 5.88. The average Bonchev–Trinajstić information content (AvgIpc) is 2.85. The van der Waals surface area contributed by atoms with Gasteiger partial charge in [0.1, 0.15) is 0 Å². The van der Waals surface area contributed by atoms with Gasteiger partial charge in [0.15, 0.2) is 0 Å². The zero-order valence-electron chi connectivity index (χ0n) is 10.4. The first-order valence-electron chi connectivity index (χ1n) is 6.21. The third kappa shape index (κ3) is 2.35. The van der Waals surface area contributed by atoms with Crippen molar-refractivity contribution in [1.29, 1.82) is 0 Å². The van der Waals surface area contributed by atoms with Crippen LogP contribution in [-0.4, -0.2) is 54.1 Å². The van der Waals surface area contributed by atoms with E-state index in [9.17, 15) is 0 Å². The SMILES string of the molecule is CN1CC(CCN)N(C2CC2)C(C)(C)C1. The van der Waals surface area contributed by atoms with Crippen LogP contribution in [-0.2, 0) is 0 Å². The first-order valence-corrected chi connectivity index (χ1v) is 6.21. The largest absolute Gasteiger partial charge is 0.330 e. The fourth-order valence-electron chi connectivity index (χ4n) is 3.32. The van der Waals surface area contributed by atoms with Crippen LogP contribution < -0.4 is 5.73 Å². The second-order valence-electron chi connectivity index (χ2n) is 5.88. The Kier molecular flexibility index (Phi) is 3.06. The van der Waals surface area contributed by atoms with Gasteiger partial charge in [-0.05, 0) is 46.7 Å². The molecule has 0 aromatic carbocycles. The molecule has 0 aromatic heterocycles. The standard InChI is InChI=1S/C12H25N3/c1-12(2)9-14(3)8-11(6-7-13)15(12)10-4-5-10/h10-11H,4-9,13H2,1-3H3. The maximum Gasteiger partial charge on any atom is 0.0286 e. The molecule has 0 spiro atoms. The Labute approximate surface area is 93.6 Å². The number of hydrogen-bond acceptors (Lipinski definition) is 3. The molecule has 1 saturated carbocycles. The maximum atomic E-state index is 5.73. The number of piperazine rings is 1. The Bertz CT molecular complexity index is 223. The summed E-state index contributed by atoms with van der Waals surface area (Å²) in [5, 5.41) is 0. The third-order valence-corrected chi connectivity index (χ3v) is 3.71. The van der Waals surface area contributed by atoms with E-state index in [0.29, 0.717) is 11.6 Å². The molecule has 0 bridgehead atoms. The highest BCUT2D eigenvalue weighted by atomic mass is 15.3. The highest BCUT2D eigenvalue weighted by Crippen LogP contribution is 2.38. The molecular weight excluding hydrogens is 186 g/mol. The molecule has 88 valence electrons. The molecule has 1 saturated heterocycles. The molecule has 2 rings (SSSR count). The van der Waals surface area contributed by atoms with E-state index >= 15 is 0 Å². The highest BCUT2D eigenvalue weighted by Gasteiger charge is 2.45. The summed E-state index contributed by atoms with van der Waals surface area (Å²) < 4.78 is 0. The van der Waals surface area contributed by atoms with Crippen LogP contribution in [0.5, 0.6) is 0 Å². The molecule has 1 unspecified atom stereocenters. The quantitative estimate of drug-likeness (QED) is 0.752. The molecule has 3 heteroatoms. The molecule has 0 amide bonds. The predicted octanol–water partition coefficient (Wildman–Crippen LogP) is 0.892. The summed E-state index contributed by atoms with van der Waals surface area (Å²) in [5.41, 5.74) is 6.06. The van der Waals surface area contributed by atoms with E-state index in [2.05, 4.69) is 30.7 Å². The Morgan fingerprint density at radius 1 is 1.33 bits per heavy atom. The zero-order valence-corrected chi connectivity index (χ0v) is 10.4. The molecular formula is C12H25N3. The van der Waals surface area contributed by atoms with Gasteiger partial charge in [0.25, 0.3) is 0 Å². The van der Waals surface area contributed by atoms with Crippen molar-refractivity contribution in [3.63, 3.8) is 0 Å². The number of nitrogens with two attached hydrogens (primary N) is 1. The Balaban J connectivity index is 2.11. The van der Waals surface area contributed by atoms with Crippen LogP contribution in [0.25, 0.3) is 0 Å². The van der Waals surface area contributed by atoms with Crippen molar-refractivity contribution in [2.24, 2.45) is 5.73 Å². The highest BCUT2D eigenvalue weighted by molar-refractivity contribution is 5.02. The van der Waals surface area contributed by atoms with Crippen molar-refractivity contribution >= 4 is 0 Å². The van der Waals surface area contributed by atoms with Crippen molar-refractivity contribution in [1.82, 2.24) is 9.80 Å². The molecule has 3 nitrogen and oxygen atoms in total. The lowest BCUT2D eigenvalue weighted by Gasteiger charge is -2.51.